The Labute approximate surface area is 200 Å². The van der Waals surface area contributed by atoms with Crippen LogP contribution in [0.25, 0.3) is 21.0 Å². The molecule has 1 aromatic carbocycles. The fourth-order valence-corrected chi connectivity index (χ4v) is 6.93. The van der Waals surface area contributed by atoms with Crippen molar-refractivity contribution >= 4 is 46.2 Å². The van der Waals surface area contributed by atoms with Gasteiger partial charge in [0.15, 0.2) is 5.16 Å². The number of rotatable bonds is 6. The van der Waals surface area contributed by atoms with Crippen molar-refractivity contribution in [1.82, 2.24) is 15.0 Å². The van der Waals surface area contributed by atoms with Crippen molar-refractivity contribution in [3.63, 3.8) is 0 Å². The molecule has 0 fully saturated rings. The van der Waals surface area contributed by atoms with Crippen LogP contribution >= 0.6 is 46.2 Å². The summed E-state index contributed by atoms with van der Waals surface area (Å²) in [5, 5.41) is 3.59. The third-order valence-electron chi connectivity index (χ3n) is 4.65. The first-order chi connectivity index (χ1) is 15.3. The number of halogens is 3. The number of aromatic nitrogens is 3. The normalized spacial score (nSPS) is 11.8. The maximum absolute atomic E-state index is 12.9. The SMILES string of the molecule is CSc1sc(-c2nc(C)cs2)c(C)c1-c1cnc(SCc2cccc(C(F)(F)F)c2)nc1. The van der Waals surface area contributed by atoms with Gasteiger partial charge >= 0.3 is 6.18 Å². The number of aryl methyl sites for hydroxylation is 1. The highest BCUT2D eigenvalue weighted by Crippen LogP contribution is 2.46. The van der Waals surface area contributed by atoms with E-state index in [9.17, 15) is 13.2 Å². The third-order valence-corrected chi connectivity index (χ3v) is 9.12. The maximum atomic E-state index is 12.9. The molecule has 4 rings (SSSR count). The number of hydrogen-bond donors (Lipinski definition) is 0. The molecule has 0 saturated heterocycles. The molecule has 0 aliphatic carbocycles. The van der Waals surface area contributed by atoms with Gasteiger partial charge in [0.2, 0.25) is 0 Å². The molecule has 0 saturated carbocycles. The molecule has 10 heteroatoms. The molecular formula is C22H18F3N3S4. The Morgan fingerprint density at radius 1 is 1.09 bits per heavy atom. The molecule has 3 heterocycles. The standard InChI is InChI=1S/C22H18F3N3S4/c1-12-10-30-19(28-12)18-13(2)17(20(29-3)32-18)15-8-26-21(27-9-15)31-11-14-5-4-6-16(7-14)22(23,24)25/h4-10H,11H2,1-3H3. The van der Waals surface area contributed by atoms with E-state index in [1.165, 1.54) is 28.1 Å². The number of benzene rings is 1. The van der Waals surface area contributed by atoms with E-state index in [-0.39, 0.29) is 0 Å². The first kappa shape index (κ1) is 23.3. The fourth-order valence-electron chi connectivity index (χ4n) is 3.13. The van der Waals surface area contributed by atoms with Crippen molar-refractivity contribution in [1.29, 1.82) is 0 Å². The summed E-state index contributed by atoms with van der Waals surface area (Å²) in [7, 11) is 0. The van der Waals surface area contributed by atoms with Crippen molar-refractivity contribution in [2.24, 2.45) is 0 Å². The van der Waals surface area contributed by atoms with Crippen LogP contribution < -0.4 is 0 Å². The Hall–Kier alpha value is -1.88. The molecule has 0 N–H and O–H groups in total. The summed E-state index contributed by atoms with van der Waals surface area (Å²) in [6.45, 7) is 4.08. The van der Waals surface area contributed by atoms with Gasteiger partial charge in [-0.15, -0.1) is 34.4 Å². The van der Waals surface area contributed by atoms with Crippen LogP contribution in [0.15, 0.2) is 51.4 Å². The molecule has 32 heavy (non-hydrogen) atoms. The largest absolute Gasteiger partial charge is 0.416 e. The molecule has 0 aliphatic rings. The highest BCUT2D eigenvalue weighted by atomic mass is 32.2. The Morgan fingerprint density at radius 3 is 2.47 bits per heavy atom. The second kappa shape index (κ2) is 9.54. The van der Waals surface area contributed by atoms with Gasteiger partial charge in [-0.05, 0) is 37.3 Å². The van der Waals surface area contributed by atoms with Crippen molar-refractivity contribution in [2.45, 2.75) is 35.1 Å². The number of alkyl halides is 3. The van der Waals surface area contributed by atoms with Crippen LogP contribution in [0.1, 0.15) is 22.4 Å². The molecule has 0 radical (unpaired) electrons. The zero-order valence-corrected chi connectivity index (χ0v) is 20.6. The molecule has 4 aromatic rings. The molecule has 3 aromatic heterocycles. The molecule has 0 aliphatic heterocycles. The smallest absolute Gasteiger partial charge is 0.241 e. The van der Waals surface area contributed by atoms with E-state index in [1.807, 2.05) is 18.6 Å². The lowest BCUT2D eigenvalue weighted by Crippen LogP contribution is -2.04. The zero-order chi connectivity index (χ0) is 22.9. The highest BCUT2D eigenvalue weighted by molar-refractivity contribution is 8.00. The van der Waals surface area contributed by atoms with Crippen LogP contribution in [-0.2, 0) is 11.9 Å². The quantitative estimate of drug-likeness (QED) is 0.195. The molecule has 0 spiro atoms. The average molecular weight is 510 g/mol. The number of hydrogen-bond acceptors (Lipinski definition) is 7. The number of thioether (sulfide) groups is 2. The Balaban J connectivity index is 1.54. The van der Waals surface area contributed by atoms with Crippen LogP contribution in [0.3, 0.4) is 0 Å². The van der Waals surface area contributed by atoms with Gasteiger partial charge in [0, 0.05) is 40.3 Å². The minimum atomic E-state index is -4.34. The van der Waals surface area contributed by atoms with Crippen LogP contribution in [-0.4, -0.2) is 21.2 Å². The van der Waals surface area contributed by atoms with Gasteiger partial charge in [-0.2, -0.15) is 13.2 Å². The van der Waals surface area contributed by atoms with E-state index in [4.69, 9.17) is 0 Å². The molecule has 166 valence electrons. The van der Waals surface area contributed by atoms with Crippen molar-refractivity contribution in [3.05, 3.63) is 64.4 Å². The van der Waals surface area contributed by atoms with Crippen LogP contribution in [0.2, 0.25) is 0 Å². The number of nitrogens with zero attached hydrogens (tertiary/aromatic N) is 3. The molecule has 0 amide bonds. The second-order valence-electron chi connectivity index (χ2n) is 6.96. The van der Waals surface area contributed by atoms with Gasteiger partial charge < -0.3 is 0 Å². The summed E-state index contributed by atoms with van der Waals surface area (Å²) < 4.78 is 39.9. The summed E-state index contributed by atoms with van der Waals surface area (Å²) in [5.41, 5.74) is 4.14. The average Bonchev–Trinajstić information content (AvgIpc) is 3.35. The molecule has 0 atom stereocenters. The topological polar surface area (TPSA) is 38.7 Å². The third kappa shape index (κ3) is 5.03. The summed E-state index contributed by atoms with van der Waals surface area (Å²) in [6, 6.07) is 5.35. The van der Waals surface area contributed by atoms with Gasteiger partial charge in [-0.25, -0.2) is 15.0 Å². The molecule has 0 bridgehead atoms. The predicted molar refractivity (Wildman–Crippen MR) is 129 cm³/mol. The second-order valence-corrected chi connectivity index (χ2v) is 10.9. The minimum absolute atomic E-state index is 0.365. The first-order valence-electron chi connectivity index (χ1n) is 9.47. The van der Waals surface area contributed by atoms with Crippen molar-refractivity contribution in [2.75, 3.05) is 6.26 Å². The van der Waals surface area contributed by atoms with E-state index in [2.05, 4.69) is 21.9 Å². The van der Waals surface area contributed by atoms with Gasteiger partial charge in [0.25, 0.3) is 0 Å². The van der Waals surface area contributed by atoms with Crippen molar-refractivity contribution in [3.8, 4) is 21.0 Å². The van der Waals surface area contributed by atoms with Crippen LogP contribution in [0.5, 0.6) is 0 Å². The van der Waals surface area contributed by atoms with E-state index < -0.39 is 11.7 Å². The van der Waals surface area contributed by atoms with Gasteiger partial charge in [0.1, 0.15) is 5.01 Å². The lowest BCUT2D eigenvalue weighted by molar-refractivity contribution is -0.137. The summed E-state index contributed by atoms with van der Waals surface area (Å²) in [4.78, 5) is 14.7. The molecule has 0 unspecified atom stereocenters. The number of thiophene rings is 1. The van der Waals surface area contributed by atoms with Crippen LogP contribution in [0, 0.1) is 13.8 Å². The lowest BCUT2D eigenvalue weighted by atomic mass is 10.1. The maximum Gasteiger partial charge on any atom is 0.416 e. The van der Waals surface area contributed by atoms with Gasteiger partial charge in [-0.3, -0.25) is 0 Å². The fraction of sp³-hybridized carbons (Fsp3) is 0.227. The summed E-state index contributed by atoms with van der Waals surface area (Å²) in [5.74, 6) is 0.365. The van der Waals surface area contributed by atoms with E-state index in [1.54, 1.807) is 52.9 Å². The monoisotopic (exact) mass is 509 g/mol. The van der Waals surface area contributed by atoms with Gasteiger partial charge in [0.05, 0.1) is 14.6 Å². The zero-order valence-electron chi connectivity index (χ0n) is 17.4. The van der Waals surface area contributed by atoms with E-state index in [0.717, 1.165) is 38.3 Å². The van der Waals surface area contributed by atoms with Gasteiger partial charge in [-0.1, -0.05) is 30.0 Å². The predicted octanol–water partition coefficient (Wildman–Crippen LogP) is 7.98. The lowest BCUT2D eigenvalue weighted by Gasteiger charge is -2.08. The summed E-state index contributed by atoms with van der Waals surface area (Å²) in [6.07, 6.45) is 1.27. The van der Waals surface area contributed by atoms with Crippen molar-refractivity contribution < 1.29 is 13.2 Å². The Bertz CT molecular complexity index is 1230. The van der Waals surface area contributed by atoms with Crippen LogP contribution in [0.4, 0.5) is 13.2 Å². The molecule has 3 nitrogen and oxygen atoms in total. The minimum Gasteiger partial charge on any atom is -0.241 e. The molecular weight excluding hydrogens is 492 g/mol. The summed E-state index contributed by atoms with van der Waals surface area (Å²) >= 11 is 6.36. The van der Waals surface area contributed by atoms with E-state index >= 15 is 0 Å². The van der Waals surface area contributed by atoms with E-state index in [0.29, 0.717) is 16.5 Å². The Kier molecular flexibility index (Phi) is 6.94. The Morgan fingerprint density at radius 2 is 1.84 bits per heavy atom. The number of thiazole rings is 1. The first-order valence-corrected chi connectivity index (χ1v) is 13.4. The highest BCUT2D eigenvalue weighted by Gasteiger charge is 2.30.